The molecule has 1 heterocycles. The van der Waals surface area contributed by atoms with Gasteiger partial charge in [-0.2, -0.15) is 0 Å². The Morgan fingerprint density at radius 3 is 2.47 bits per heavy atom. The van der Waals surface area contributed by atoms with Crippen LogP contribution in [0.4, 0.5) is 0 Å². The van der Waals surface area contributed by atoms with Crippen LogP contribution in [0.15, 0.2) is 0 Å². The second-order valence-electron chi connectivity index (χ2n) is 4.92. The molecule has 1 saturated heterocycles. The molecule has 0 aromatic carbocycles. The second-order valence-corrected chi connectivity index (χ2v) is 4.92. The largest absolute Gasteiger partial charge is 0.378 e. The Morgan fingerprint density at radius 1 is 1.20 bits per heavy atom. The number of piperidine rings is 1. The normalized spacial score (nSPS) is 34.8. The standard InChI is InChI=1S/C12H24N2O/c1-2-15-12-5-7-14(8-6-12)11-4-3-10(13)9-11/h10-12H,2-9,13H2,1H3. The summed E-state index contributed by atoms with van der Waals surface area (Å²) in [5.74, 6) is 0. The summed E-state index contributed by atoms with van der Waals surface area (Å²) >= 11 is 0. The Morgan fingerprint density at radius 2 is 1.93 bits per heavy atom. The lowest BCUT2D eigenvalue weighted by molar-refractivity contribution is 0.00455. The zero-order valence-corrected chi connectivity index (χ0v) is 9.82. The van der Waals surface area contributed by atoms with Crippen molar-refractivity contribution < 1.29 is 4.74 Å². The zero-order chi connectivity index (χ0) is 10.7. The smallest absolute Gasteiger partial charge is 0.0599 e. The van der Waals surface area contributed by atoms with Gasteiger partial charge in [0, 0.05) is 31.8 Å². The van der Waals surface area contributed by atoms with Crippen molar-refractivity contribution in [2.45, 2.75) is 57.2 Å². The van der Waals surface area contributed by atoms with E-state index in [1.54, 1.807) is 0 Å². The third-order valence-corrected chi connectivity index (χ3v) is 3.84. The molecule has 0 radical (unpaired) electrons. The molecule has 2 atom stereocenters. The number of nitrogens with two attached hydrogens (primary N) is 1. The molecular weight excluding hydrogens is 188 g/mol. The molecule has 3 nitrogen and oxygen atoms in total. The minimum absolute atomic E-state index is 0.458. The highest BCUT2D eigenvalue weighted by molar-refractivity contribution is 4.87. The van der Waals surface area contributed by atoms with Gasteiger partial charge in [0.15, 0.2) is 0 Å². The van der Waals surface area contributed by atoms with Gasteiger partial charge in [-0.3, -0.25) is 0 Å². The van der Waals surface area contributed by atoms with Gasteiger partial charge in [-0.05, 0) is 39.0 Å². The fraction of sp³-hybridized carbons (Fsp3) is 1.00. The van der Waals surface area contributed by atoms with Crippen LogP contribution >= 0.6 is 0 Å². The van der Waals surface area contributed by atoms with Crippen molar-refractivity contribution in [3.8, 4) is 0 Å². The number of ether oxygens (including phenoxy) is 1. The molecule has 1 aliphatic carbocycles. The summed E-state index contributed by atoms with van der Waals surface area (Å²) in [6.07, 6.45) is 6.66. The van der Waals surface area contributed by atoms with Crippen LogP contribution in [0.2, 0.25) is 0 Å². The van der Waals surface area contributed by atoms with Crippen molar-refractivity contribution in [2.24, 2.45) is 5.73 Å². The summed E-state index contributed by atoms with van der Waals surface area (Å²) in [6.45, 7) is 5.37. The first-order chi connectivity index (χ1) is 7.29. The molecule has 2 fully saturated rings. The van der Waals surface area contributed by atoms with E-state index in [-0.39, 0.29) is 0 Å². The lowest BCUT2D eigenvalue weighted by atomic mass is 10.0. The first-order valence-corrected chi connectivity index (χ1v) is 6.40. The molecule has 2 N–H and O–H groups in total. The highest BCUT2D eigenvalue weighted by atomic mass is 16.5. The maximum absolute atomic E-state index is 5.96. The molecular formula is C12H24N2O. The lowest BCUT2D eigenvalue weighted by Crippen LogP contribution is -2.42. The summed E-state index contributed by atoms with van der Waals surface area (Å²) in [4.78, 5) is 2.63. The van der Waals surface area contributed by atoms with Gasteiger partial charge in [-0.15, -0.1) is 0 Å². The van der Waals surface area contributed by atoms with Gasteiger partial charge >= 0.3 is 0 Å². The average Bonchev–Trinajstić information content (AvgIpc) is 2.67. The summed E-state index contributed by atoms with van der Waals surface area (Å²) in [5.41, 5.74) is 5.96. The zero-order valence-electron chi connectivity index (χ0n) is 9.82. The monoisotopic (exact) mass is 212 g/mol. The first-order valence-electron chi connectivity index (χ1n) is 6.40. The second kappa shape index (κ2) is 5.28. The highest BCUT2D eigenvalue weighted by Gasteiger charge is 2.30. The van der Waals surface area contributed by atoms with Gasteiger partial charge in [0.25, 0.3) is 0 Å². The molecule has 2 unspecified atom stereocenters. The molecule has 0 aromatic rings. The molecule has 3 heteroatoms. The average molecular weight is 212 g/mol. The minimum Gasteiger partial charge on any atom is -0.378 e. The van der Waals surface area contributed by atoms with Crippen molar-refractivity contribution >= 4 is 0 Å². The van der Waals surface area contributed by atoms with E-state index in [9.17, 15) is 0 Å². The van der Waals surface area contributed by atoms with Crippen LogP contribution in [0.25, 0.3) is 0 Å². The Hall–Kier alpha value is -0.120. The van der Waals surface area contributed by atoms with Crippen LogP contribution in [-0.4, -0.2) is 42.8 Å². The predicted octanol–water partition coefficient (Wildman–Crippen LogP) is 1.37. The topological polar surface area (TPSA) is 38.5 Å². The number of hydrogen-bond donors (Lipinski definition) is 1. The van der Waals surface area contributed by atoms with E-state index >= 15 is 0 Å². The van der Waals surface area contributed by atoms with E-state index in [4.69, 9.17) is 10.5 Å². The van der Waals surface area contributed by atoms with Gasteiger partial charge < -0.3 is 15.4 Å². The molecule has 1 aliphatic heterocycles. The molecule has 2 rings (SSSR count). The van der Waals surface area contributed by atoms with E-state index in [0.29, 0.717) is 12.1 Å². The van der Waals surface area contributed by atoms with Crippen molar-refractivity contribution in [1.29, 1.82) is 0 Å². The summed E-state index contributed by atoms with van der Waals surface area (Å²) < 4.78 is 5.66. The van der Waals surface area contributed by atoms with Crippen LogP contribution in [0, 0.1) is 0 Å². The van der Waals surface area contributed by atoms with Crippen LogP contribution in [0.1, 0.15) is 39.0 Å². The maximum Gasteiger partial charge on any atom is 0.0599 e. The van der Waals surface area contributed by atoms with Gasteiger partial charge in [0.2, 0.25) is 0 Å². The van der Waals surface area contributed by atoms with E-state index in [1.165, 1.54) is 45.2 Å². The quantitative estimate of drug-likeness (QED) is 0.768. The van der Waals surface area contributed by atoms with Crippen LogP contribution in [0.3, 0.4) is 0 Å². The summed E-state index contributed by atoms with van der Waals surface area (Å²) in [7, 11) is 0. The molecule has 1 saturated carbocycles. The highest BCUT2D eigenvalue weighted by Crippen LogP contribution is 2.26. The third-order valence-electron chi connectivity index (χ3n) is 3.84. The van der Waals surface area contributed by atoms with E-state index < -0.39 is 0 Å². The van der Waals surface area contributed by atoms with Crippen molar-refractivity contribution in [1.82, 2.24) is 4.90 Å². The van der Waals surface area contributed by atoms with Gasteiger partial charge in [0.1, 0.15) is 0 Å². The first kappa shape index (κ1) is 11.4. The van der Waals surface area contributed by atoms with Gasteiger partial charge in [-0.1, -0.05) is 0 Å². The number of nitrogens with zero attached hydrogens (tertiary/aromatic N) is 1. The number of likely N-dealkylation sites (tertiary alicyclic amines) is 1. The van der Waals surface area contributed by atoms with E-state index in [1.807, 2.05) is 0 Å². The van der Waals surface area contributed by atoms with Crippen molar-refractivity contribution in [3.63, 3.8) is 0 Å². The Bertz CT molecular complexity index is 190. The van der Waals surface area contributed by atoms with E-state index in [0.717, 1.165) is 12.6 Å². The SMILES string of the molecule is CCOC1CCN(C2CCC(N)C2)CC1. The van der Waals surface area contributed by atoms with Gasteiger partial charge in [0.05, 0.1) is 6.10 Å². The third kappa shape index (κ3) is 2.92. The number of rotatable bonds is 3. The lowest BCUT2D eigenvalue weighted by Gasteiger charge is -2.35. The molecule has 0 bridgehead atoms. The van der Waals surface area contributed by atoms with E-state index in [2.05, 4.69) is 11.8 Å². The predicted molar refractivity (Wildman–Crippen MR) is 61.8 cm³/mol. The van der Waals surface area contributed by atoms with Crippen molar-refractivity contribution in [3.05, 3.63) is 0 Å². The molecule has 0 aromatic heterocycles. The van der Waals surface area contributed by atoms with Crippen LogP contribution in [-0.2, 0) is 4.74 Å². The molecule has 2 aliphatic rings. The Balaban J connectivity index is 1.73. The molecule has 0 spiro atoms. The molecule has 0 amide bonds. The van der Waals surface area contributed by atoms with Gasteiger partial charge in [-0.25, -0.2) is 0 Å². The minimum atomic E-state index is 0.458. The van der Waals surface area contributed by atoms with Crippen molar-refractivity contribution in [2.75, 3.05) is 19.7 Å². The van der Waals surface area contributed by atoms with Crippen LogP contribution in [0.5, 0.6) is 0 Å². The Kier molecular flexibility index (Phi) is 4.00. The van der Waals surface area contributed by atoms with Crippen LogP contribution < -0.4 is 5.73 Å². The fourth-order valence-electron chi connectivity index (χ4n) is 2.97. The number of hydrogen-bond acceptors (Lipinski definition) is 3. The molecule has 88 valence electrons. The maximum atomic E-state index is 5.96. The summed E-state index contributed by atoms with van der Waals surface area (Å²) in [5, 5.41) is 0. The Labute approximate surface area is 93.0 Å². The summed E-state index contributed by atoms with van der Waals surface area (Å²) in [6, 6.07) is 1.22. The fourth-order valence-corrected chi connectivity index (χ4v) is 2.97. The molecule has 15 heavy (non-hydrogen) atoms.